The van der Waals surface area contributed by atoms with Crippen molar-refractivity contribution in [2.24, 2.45) is 7.05 Å². The van der Waals surface area contributed by atoms with E-state index in [1.165, 1.54) is 56.6 Å². The second kappa shape index (κ2) is 8.23. The number of hydrogen-bond acceptors (Lipinski definition) is 5. The summed E-state index contributed by atoms with van der Waals surface area (Å²) in [7, 11) is -1.50. The number of amides is 1. The fourth-order valence-electron chi connectivity index (χ4n) is 2.68. The van der Waals surface area contributed by atoms with Crippen molar-refractivity contribution >= 4 is 33.0 Å². The van der Waals surface area contributed by atoms with Crippen LogP contribution in [0.4, 0.5) is 18.9 Å². The Morgan fingerprint density at radius 3 is 2.29 bits per heavy atom. The normalized spacial score (nSPS) is 11.9. The van der Waals surface area contributed by atoms with Gasteiger partial charge in [-0.3, -0.25) is 9.48 Å². The number of benzene rings is 2. The average molecular weight is 474 g/mol. The van der Waals surface area contributed by atoms with Gasteiger partial charge in [0.05, 0.1) is 16.9 Å². The van der Waals surface area contributed by atoms with E-state index in [-0.39, 0.29) is 26.9 Å². The number of ether oxygens (including phenoxy) is 1. The highest BCUT2D eigenvalue weighted by Gasteiger charge is 2.35. The lowest BCUT2D eigenvalue weighted by molar-refractivity contribution is -0.141. The van der Waals surface area contributed by atoms with Gasteiger partial charge >= 0.3 is 6.18 Å². The SMILES string of the molecule is COc1cc(NC(=O)c2cc(C(F)(F)F)nn2C)cc(S(=O)(=O)c2ccc(Cl)cc2)c1. The zero-order valence-corrected chi connectivity index (χ0v) is 17.6. The Hall–Kier alpha value is -3.05. The van der Waals surface area contributed by atoms with E-state index in [9.17, 15) is 26.4 Å². The van der Waals surface area contributed by atoms with Crippen molar-refractivity contribution in [3.05, 3.63) is 64.9 Å². The van der Waals surface area contributed by atoms with Gasteiger partial charge < -0.3 is 10.1 Å². The van der Waals surface area contributed by atoms with Crippen LogP contribution in [-0.4, -0.2) is 31.2 Å². The topological polar surface area (TPSA) is 90.3 Å². The first-order chi connectivity index (χ1) is 14.4. The number of alkyl halides is 3. The Balaban J connectivity index is 1.97. The molecular formula is C19H15ClF3N3O4S. The van der Waals surface area contributed by atoms with Crippen LogP contribution in [0.3, 0.4) is 0 Å². The molecule has 0 unspecified atom stereocenters. The molecule has 0 saturated heterocycles. The minimum atomic E-state index is -4.72. The Morgan fingerprint density at radius 2 is 1.74 bits per heavy atom. The van der Waals surface area contributed by atoms with Crippen molar-refractivity contribution in [3.63, 3.8) is 0 Å². The highest BCUT2D eigenvalue weighted by atomic mass is 35.5. The smallest absolute Gasteiger partial charge is 0.435 e. The van der Waals surface area contributed by atoms with Crippen LogP contribution in [0.1, 0.15) is 16.2 Å². The van der Waals surface area contributed by atoms with Crippen molar-refractivity contribution < 1.29 is 31.1 Å². The molecule has 0 saturated carbocycles. The van der Waals surface area contributed by atoms with E-state index in [0.29, 0.717) is 11.1 Å². The van der Waals surface area contributed by atoms with Crippen molar-refractivity contribution in [2.75, 3.05) is 12.4 Å². The van der Waals surface area contributed by atoms with Gasteiger partial charge in [0.1, 0.15) is 11.4 Å². The van der Waals surface area contributed by atoms with E-state index in [2.05, 4.69) is 10.4 Å². The van der Waals surface area contributed by atoms with E-state index in [1.54, 1.807) is 0 Å². The lowest BCUT2D eigenvalue weighted by atomic mass is 10.2. The van der Waals surface area contributed by atoms with Crippen LogP contribution in [-0.2, 0) is 23.1 Å². The lowest BCUT2D eigenvalue weighted by Gasteiger charge is -2.11. The fourth-order valence-corrected chi connectivity index (χ4v) is 4.13. The standard InChI is InChI=1S/C19H15ClF3N3O4S/c1-26-16(10-17(25-26)19(21,22)23)18(27)24-12-7-13(30-2)9-15(8-12)31(28,29)14-5-3-11(20)4-6-14/h3-10H,1-2H3,(H,24,27). The van der Waals surface area contributed by atoms with Gasteiger partial charge in [-0.1, -0.05) is 11.6 Å². The fraction of sp³-hybridized carbons (Fsp3) is 0.158. The van der Waals surface area contributed by atoms with E-state index in [4.69, 9.17) is 16.3 Å². The molecule has 0 aliphatic rings. The number of nitrogens with zero attached hydrogens (tertiary/aromatic N) is 2. The number of aryl methyl sites for hydroxylation is 1. The summed E-state index contributed by atoms with van der Waals surface area (Å²) in [5.41, 5.74) is -1.58. The lowest BCUT2D eigenvalue weighted by Crippen LogP contribution is -2.16. The predicted octanol–water partition coefficient (Wildman–Crippen LogP) is 4.19. The Kier molecular flexibility index (Phi) is 6.01. The molecule has 3 aromatic rings. The molecule has 12 heteroatoms. The quantitative estimate of drug-likeness (QED) is 0.600. The first-order valence-corrected chi connectivity index (χ1v) is 10.4. The van der Waals surface area contributed by atoms with E-state index < -0.39 is 27.6 Å². The molecule has 0 radical (unpaired) electrons. The number of sulfone groups is 1. The summed E-state index contributed by atoms with van der Waals surface area (Å²) >= 11 is 5.80. The van der Waals surface area contributed by atoms with Crippen molar-refractivity contribution in [2.45, 2.75) is 16.0 Å². The second-order valence-electron chi connectivity index (χ2n) is 6.34. The van der Waals surface area contributed by atoms with Crippen LogP contribution in [0.5, 0.6) is 5.75 Å². The van der Waals surface area contributed by atoms with Gasteiger partial charge in [0, 0.05) is 29.9 Å². The average Bonchev–Trinajstić information content (AvgIpc) is 3.10. The zero-order valence-electron chi connectivity index (χ0n) is 16.1. The van der Waals surface area contributed by atoms with Gasteiger partial charge in [0.15, 0.2) is 5.69 Å². The number of nitrogens with one attached hydrogen (secondary N) is 1. The van der Waals surface area contributed by atoms with Crippen LogP contribution >= 0.6 is 11.6 Å². The van der Waals surface area contributed by atoms with Gasteiger partial charge in [-0.15, -0.1) is 0 Å². The maximum Gasteiger partial charge on any atom is 0.435 e. The maximum absolute atomic E-state index is 12.9. The molecule has 2 aromatic carbocycles. The van der Waals surface area contributed by atoms with Crippen molar-refractivity contribution in [1.82, 2.24) is 9.78 Å². The van der Waals surface area contributed by atoms with Gasteiger partial charge in [-0.2, -0.15) is 18.3 Å². The highest BCUT2D eigenvalue weighted by Crippen LogP contribution is 2.31. The monoisotopic (exact) mass is 473 g/mol. The summed E-state index contributed by atoms with van der Waals surface area (Å²) < 4.78 is 70.3. The molecule has 1 amide bonds. The van der Waals surface area contributed by atoms with Crippen molar-refractivity contribution in [3.8, 4) is 5.75 Å². The number of carbonyl (C=O) groups excluding carboxylic acids is 1. The minimum Gasteiger partial charge on any atom is -0.497 e. The second-order valence-corrected chi connectivity index (χ2v) is 8.73. The first kappa shape index (κ1) is 22.6. The van der Waals surface area contributed by atoms with E-state index >= 15 is 0 Å². The van der Waals surface area contributed by atoms with E-state index in [0.717, 1.165) is 4.68 Å². The first-order valence-electron chi connectivity index (χ1n) is 8.54. The summed E-state index contributed by atoms with van der Waals surface area (Å²) in [5.74, 6) is -0.792. The number of aromatic nitrogens is 2. The molecule has 1 N–H and O–H groups in total. The van der Waals surface area contributed by atoms with Gasteiger partial charge in [-0.05, 0) is 36.4 Å². The number of rotatable bonds is 5. The summed E-state index contributed by atoms with van der Waals surface area (Å²) in [6.07, 6.45) is -4.72. The summed E-state index contributed by atoms with van der Waals surface area (Å²) in [4.78, 5) is 12.3. The summed E-state index contributed by atoms with van der Waals surface area (Å²) in [6.45, 7) is 0. The van der Waals surface area contributed by atoms with Crippen LogP contribution < -0.4 is 10.1 Å². The largest absolute Gasteiger partial charge is 0.497 e. The third-order valence-corrected chi connectivity index (χ3v) is 6.21. The maximum atomic E-state index is 12.9. The van der Waals surface area contributed by atoms with Gasteiger partial charge in [-0.25, -0.2) is 8.42 Å². The van der Waals surface area contributed by atoms with Crippen LogP contribution in [0.15, 0.2) is 58.3 Å². The Bertz CT molecular complexity index is 1240. The van der Waals surface area contributed by atoms with Crippen LogP contribution in [0, 0.1) is 0 Å². The molecule has 3 rings (SSSR count). The molecule has 0 fully saturated rings. The van der Waals surface area contributed by atoms with E-state index in [1.807, 2.05) is 0 Å². The van der Waals surface area contributed by atoms with Crippen molar-refractivity contribution in [1.29, 1.82) is 0 Å². The number of hydrogen-bond donors (Lipinski definition) is 1. The number of carbonyl (C=O) groups is 1. The Morgan fingerprint density at radius 1 is 1.10 bits per heavy atom. The van der Waals surface area contributed by atoms with Crippen LogP contribution in [0.2, 0.25) is 5.02 Å². The molecule has 1 aromatic heterocycles. The molecular weight excluding hydrogens is 459 g/mol. The van der Waals surface area contributed by atoms with Gasteiger partial charge in [0.2, 0.25) is 9.84 Å². The number of halogens is 4. The Labute approximate surface area is 180 Å². The molecule has 164 valence electrons. The third-order valence-electron chi connectivity index (χ3n) is 4.21. The molecule has 0 atom stereocenters. The van der Waals surface area contributed by atoms with Crippen LogP contribution in [0.25, 0.3) is 0 Å². The third kappa shape index (κ3) is 4.83. The zero-order chi connectivity index (χ0) is 23.0. The highest BCUT2D eigenvalue weighted by molar-refractivity contribution is 7.91. The molecule has 0 aliphatic heterocycles. The molecule has 0 bridgehead atoms. The molecule has 0 aliphatic carbocycles. The molecule has 0 spiro atoms. The molecule has 31 heavy (non-hydrogen) atoms. The predicted molar refractivity (Wildman–Crippen MR) is 106 cm³/mol. The number of anilines is 1. The molecule has 1 heterocycles. The summed E-state index contributed by atoms with van der Waals surface area (Å²) in [6, 6.07) is 9.83. The minimum absolute atomic E-state index is 0.00615. The van der Waals surface area contributed by atoms with Gasteiger partial charge in [0.25, 0.3) is 5.91 Å². The number of methoxy groups -OCH3 is 1. The summed E-state index contributed by atoms with van der Waals surface area (Å²) in [5, 5.41) is 6.01. The molecule has 7 nitrogen and oxygen atoms in total.